The summed E-state index contributed by atoms with van der Waals surface area (Å²) in [7, 11) is 1.50. The van der Waals surface area contributed by atoms with E-state index in [0.29, 0.717) is 27.8 Å². The van der Waals surface area contributed by atoms with Crippen LogP contribution >= 0.6 is 11.6 Å². The van der Waals surface area contributed by atoms with Crippen LogP contribution in [0.15, 0.2) is 57.7 Å². The highest BCUT2D eigenvalue weighted by molar-refractivity contribution is 6.31. The first-order chi connectivity index (χ1) is 12.5. The van der Waals surface area contributed by atoms with Gasteiger partial charge in [-0.1, -0.05) is 11.6 Å². The van der Waals surface area contributed by atoms with E-state index in [0.717, 1.165) is 5.39 Å². The van der Waals surface area contributed by atoms with E-state index in [2.05, 4.69) is 5.32 Å². The Morgan fingerprint density at radius 3 is 2.69 bits per heavy atom. The van der Waals surface area contributed by atoms with Gasteiger partial charge in [0.2, 0.25) is 0 Å². The molecule has 6 nitrogen and oxygen atoms in total. The topological polar surface area (TPSA) is 77.8 Å². The smallest absolute Gasteiger partial charge is 0.336 e. The number of fused-ring (bicyclic) bond motifs is 1. The van der Waals surface area contributed by atoms with Gasteiger partial charge in [0.25, 0.3) is 5.91 Å². The first-order valence-electron chi connectivity index (χ1n) is 7.81. The highest BCUT2D eigenvalue weighted by atomic mass is 35.5. The first kappa shape index (κ1) is 17.8. The van der Waals surface area contributed by atoms with Gasteiger partial charge in [0, 0.05) is 22.5 Å². The molecule has 3 rings (SSSR count). The van der Waals surface area contributed by atoms with E-state index < -0.39 is 11.7 Å². The maximum absolute atomic E-state index is 12.4. The monoisotopic (exact) mass is 373 g/mol. The van der Waals surface area contributed by atoms with E-state index in [1.807, 2.05) is 0 Å². The van der Waals surface area contributed by atoms with Crippen molar-refractivity contribution < 1.29 is 18.7 Å². The second kappa shape index (κ2) is 7.49. The summed E-state index contributed by atoms with van der Waals surface area (Å²) in [5, 5.41) is 3.96. The number of anilines is 1. The average molecular weight is 374 g/mol. The molecule has 0 aliphatic carbocycles. The molecule has 26 heavy (non-hydrogen) atoms. The van der Waals surface area contributed by atoms with Crippen LogP contribution in [0.3, 0.4) is 0 Å². The van der Waals surface area contributed by atoms with Crippen molar-refractivity contribution in [2.75, 3.05) is 12.4 Å². The molecule has 0 saturated carbocycles. The Morgan fingerprint density at radius 2 is 1.92 bits per heavy atom. The Bertz CT molecular complexity index is 1010. The van der Waals surface area contributed by atoms with Crippen LogP contribution < -0.4 is 20.4 Å². The molecule has 1 N–H and O–H groups in total. The van der Waals surface area contributed by atoms with E-state index in [9.17, 15) is 9.59 Å². The van der Waals surface area contributed by atoms with Gasteiger partial charge in [0.05, 0.1) is 12.8 Å². The number of benzene rings is 2. The molecule has 1 heterocycles. The van der Waals surface area contributed by atoms with Gasteiger partial charge in [-0.3, -0.25) is 4.79 Å². The lowest BCUT2D eigenvalue weighted by Crippen LogP contribution is -2.30. The maximum atomic E-state index is 12.4. The summed E-state index contributed by atoms with van der Waals surface area (Å²) >= 11 is 5.96. The van der Waals surface area contributed by atoms with E-state index >= 15 is 0 Å². The summed E-state index contributed by atoms with van der Waals surface area (Å²) in [6, 6.07) is 12.9. The number of hydrogen-bond donors (Lipinski definition) is 1. The van der Waals surface area contributed by atoms with Crippen molar-refractivity contribution in [3.8, 4) is 11.5 Å². The summed E-state index contributed by atoms with van der Waals surface area (Å²) in [5.74, 6) is 0.523. The molecule has 0 aliphatic heterocycles. The first-order valence-corrected chi connectivity index (χ1v) is 8.19. The third-order valence-corrected chi connectivity index (χ3v) is 3.93. The molecule has 0 fully saturated rings. The fraction of sp³-hybridized carbons (Fsp3) is 0.158. The quantitative estimate of drug-likeness (QED) is 0.687. The van der Waals surface area contributed by atoms with Crippen molar-refractivity contribution in [3.05, 3.63) is 64.0 Å². The van der Waals surface area contributed by atoms with Crippen molar-refractivity contribution in [1.29, 1.82) is 0 Å². The Labute approximate surface area is 154 Å². The number of methoxy groups -OCH3 is 1. The molecule has 7 heteroatoms. The molecule has 0 aliphatic rings. The number of carbonyl (C=O) groups is 1. The van der Waals surface area contributed by atoms with Gasteiger partial charge in [-0.15, -0.1) is 0 Å². The Hall–Kier alpha value is -2.99. The van der Waals surface area contributed by atoms with Gasteiger partial charge in [-0.2, -0.15) is 0 Å². The van der Waals surface area contributed by atoms with Crippen LogP contribution in [-0.4, -0.2) is 19.1 Å². The minimum Gasteiger partial charge on any atom is -0.495 e. The van der Waals surface area contributed by atoms with Crippen LogP contribution in [0.4, 0.5) is 5.69 Å². The van der Waals surface area contributed by atoms with Crippen molar-refractivity contribution in [3.63, 3.8) is 0 Å². The van der Waals surface area contributed by atoms with Crippen molar-refractivity contribution in [1.82, 2.24) is 0 Å². The second-order valence-electron chi connectivity index (χ2n) is 5.55. The zero-order valence-electron chi connectivity index (χ0n) is 14.1. The second-order valence-corrected chi connectivity index (χ2v) is 5.98. The fourth-order valence-electron chi connectivity index (χ4n) is 2.38. The molecule has 3 aromatic rings. The van der Waals surface area contributed by atoms with Crippen LogP contribution in [0.2, 0.25) is 5.02 Å². The molecular weight excluding hydrogens is 358 g/mol. The highest BCUT2D eigenvalue weighted by Crippen LogP contribution is 2.28. The number of carbonyl (C=O) groups excluding carboxylic acids is 1. The molecule has 0 radical (unpaired) electrons. The number of nitrogens with one attached hydrogen (secondary N) is 1. The predicted molar refractivity (Wildman–Crippen MR) is 99.2 cm³/mol. The summed E-state index contributed by atoms with van der Waals surface area (Å²) in [4.78, 5) is 23.7. The van der Waals surface area contributed by atoms with Gasteiger partial charge >= 0.3 is 5.63 Å². The van der Waals surface area contributed by atoms with E-state index in [4.69, 9.17) is 25.5 Å². The van der Waals surface area contributed by atoms with Crippen molar-refractivity contribution in [2.24, 2.45) is 0 Å². The zero-order chi connectivity index (χ0) is 18.7. The molecule has 1 amide bonds. The number of hydrogen-bond acceptors (Lipinski definition) is 5. The number of rotatable bonds is 5. The number of halogens is 1. The van der Waals surface area contributed by atoms with Crippen LogP contribution in [0.25, 0.3) is 11.0 Å². The molecule has 1 aromatic heterocycles. The van der Waals surface area contributed by atoms with Gasteiger partial charge in [-0.05, 0) is 43.3 Å². The molecule has 0 unspecified atom stereocenters. The molecule has 0 saturated heterocycles. The molecule has 1 atom stereocenters. The summed E-state index contributed by atoms with van der Waals surface area (Å²) in [5.41, 5.74) is 0.387. The van der Waals surface area contributed by atoms with E-state index in [1.54, 1.807) is 49.4 Å². The Kier molecular flexibility index (Phi) is 5.14. The number of ether oxygens (including phenoxy) is 2. The Morgan fingerprint density at radius 1 is 1.15 bits per heavy atom. The summed E-state index contributed by atoms with van der Waals surface area (Å²) in [6.07, 6.45) is -0.799. The van der Waals surface area contributed by atoms with Crippen molar-refractivity contribution in [2.45, 2.75) is 13.0 Å². The van der Waals surface area contributed by atoms with E-state index in [1.165, 1.54) is 13.2 Å². The largest absolute Gasteiger partial charge is 0.495 e. The van der Waals surface area contributed by atoms with Gasteiger partial charge in [0.15, 0.2) is 6.10 Å². The third kappa shape index (κ3) is 3.97. The Balaban J connectivity index is 1.75. The molecule has 0 bridgehead atoms. The minimum absolute atomic E-state index is 0.375. The summed E-state index contributed by atoms with van der Waals surface area (Å²) in [6.45, 7) is 1.61. The normalized spacial score (nSPS) is 11.8. The van der Waals surface area contributed by atoms with Crippen LogP contribution in [-0.2, 0) is 4.79 Å². The summed E-state index contributed by atoms with van der Waals surface area (Å²) < 4.78 is 16.0. The lowest BCUT2D eigenvalue weighted by atomic mass is 10.2. The van der Waals surface area contributed by atoms with Crippen LogP contribution in [0.1, 0.15) is 6.92 Å². The lowest BCUT2D eigenvalue weighted by Gasteiger charge is -2.16. The molecule has 2 aromatic carbocycles. The van der Waals surface area contributed by atoms with E-state index in [-0.39, 0.29) is 5.91 Å². The fourth-order valence-corrected chi connectivity index (χ4v) is 2.56. The van der Waals surface area contributed by atoms with Crippen LogP contribution in [0.5, 0.6) is 11.5 Å². The molecular formula is C19H16ClNO5. The maximum Gasteiger partial charge on any atom is 0.336 e. The van der Waals surface area contributed by atoms with Gasteiger partial charge in [-0.25, -0.2) is 4.79 Å². The molecule has 134 valence electrons. The molecule has 0 spiro atoms. The predicted octanol–water partition coefficient (Wildman–Crippen LogP) is 3.86. The lowest BCUT2D eigenvalue weighted by molar-refractivity contribution is -0.122. The number of amides is 1. The average Bonchev–Trinajstić information content (AvgIpc) is 2.61. The van der Waals surface area contributed by atoms with Crippen molar-refractivity contribution >= 4 is 34.2 Å². The van der Waals surface area contributed by atoms with Crippen LogP contribution in [0, 0.1) is 0 Å². The van der Waals surface area contributed by atoms with Gasteiger partial charge < -0.3 is 19.2 Å². The SMILES string of the molecule is COc1ccc(Cl)cc1NC(=O)[C@H](C)Oc1ccc2ccc(=O)oc2c1. The van der Waals surface area contributed by atoms with Gasteiger partial charge in [0.1, 0.15) is 17.1 Å². The standard InChI is InChI=1S/C19H16ClNO5/c1-11(19(23)21-15-9-13(20)5-7-16(15)24-2)25-14-6-3-12-4-8-18(22)26-17(12)10-14/h3-11H,1-2H3,(H,21,23)/t11-/m0/s1. The third-order valence-electron chi connectivity index (χ3n) is 3.70. The zero-order valence-corrected chi connectivity index (χ0v) is 14.9. The minimum atomic E-state index is -0.799. The highest BCUT2D eigenvalue weighted by Gasteiger charge is 2.17.